The summed E-state index contributed by atoms with van der Waals surface area (Å²) in [5, 5.41) is 0. The number of rotatable bonds is 5. The standard InChI is InChI=1S/C18H19N3O3/c1-3-24-18(22)14-11-21-10-12(8-19)4-6-15(21)17(14)13-5-7-16(23-2)20-9-13/h4-7,9-11H,3,8,19H2,1-2H3. The summed E-state index contributed by atoms with van der Waals surface area (Å²) in [6.07, 6.45) is 5.37. The zero-order chi connectivity index (χ0) is 17.1. The van der Waals surface area contributed by atoms with Crippen LogP contribution in [-0.4, -0.2) is 29.1 Å². The topological polar surface area (TPSA) is 78.9 Å². The number of ether oxygens (including phenoxy) is 2. The molecule has 24 heavy (non-hydrogen) atoms. The normalized spacial score (nSPS) is 10.8. The molecule has 0 radical (unpaired) electrons. The van der Waals surface area contributed by atoms with E-state index in [0.717, 1.165) is 22.2 Å². The average molecular weight is 325 g/mol. The maximum absolute atomic E-state index is 12.4. The van der Waals surface area contributed by atoms with Gasteiger partial charge in [-0.2, -0.15) is 0 Å². The van der Waals surface area contributed by atoms with Gasteiger partial charge in [-0.05, 0) is 24.6 Å². The fraction of sp³-hybridized carbons (Fsp3) is 0.222. The monoisotopic (exact) mass is 325 g/mol. The first-order valence-electron chi connectivity index (χ1n) is 7.69. The van der Waals surface area contributed by atoms with Crippen molar-refractivity contribution >= 4 is 11.5 Å². The number of aromatic nitrogens is 2. The Kier molecular flexibility index (Phi) is 4.48. The summed E-state index contributed by atoms with van der Waals surface area (Å²) >= 11 is 0. The highest BCUT2D eigenvalue weighted by Crippen LogP contribution is 2.31. The van der Waals surface area contributed by atoms with Crippen molar-refractivity contribution in [2.24, 2.45) is 5.73 Å². The molecule has 0 aliphatic heterocycles. The van der Waals surface area contributed by atoms with Crippen LogP contribution in [-0.2, 0) is 11.3 Å². The lowest BCUT2D eigenvalue weighted by molar-refractivity contribution is 0.0527. The molecule has 0 aliphatic rings. The van der Waals surface area contributed by atoms with E-state index in [-0.39, 0.29) is 5.97 Å². The number of nitrogens with zero attached hydrogens (tertiary/aromatic N) is 2. The summed E-state index contributed by atoms with van der Waals surface area (Å²) in [6.45, 7) is 2.54. The number of carbonyl (C=O) groups is 1. The van der Waals surface area contributed by atoms with Crippen molar-refractivity contribution in [3.8, 4) is 17.0 Å². The third-order valence-electron chi connectivity index (χ3n) is 3.80. The summed E-state index contributed by atoms with van der Waals surface area (Å²) in [7, 11) is 1.56. The highest BCUT2D eigenvalue weighted by atomic mass is 16.5. The number of hydrogen-bond acceptors (Lipinski definition) is 5. The SMILES string of the molecule is CCOC(=O)c1cn2cc(CN)ccc2c1-c1ccc(OC)nc1. The van der Waals surface area contributed by atoms with Crippen molar-refractivity contribution in [3.63, 3.8) is 0 Å². The van der Waals surface area contributed by atoms with Crippen LogP contribution >= 0.6 is 0 Å². The Morgan fingerprint density at radius 3 is 2.71 bits per heavy atom. The number of esters is 1. The van der Waals surface area contributed by atoms with Gasteiger partial charge in [0, 0.05) is 42.3 Å². The molecule has 3 aromatic heterocycles. The van der Waals surface area contributed by atoms with Crippen LogP contribution in [0.5, 0.6) is 5.88 Å². The molecule has 0 saturated heterocycles. The van der Waals surface area contributed by atoms with Crippen LogP contribution in [0.15, 0.2) is 42.9 Å². The number of nitrogens with two attached hydrogens (primary N) is 1. The van der Waals surface area contributed by atoms with Gasteiger partial charge in [0.2, 0.25) is 5.88 Å². The average Bonchev–Trinajstić information content (AvgIpc) is 3.00. The number of pyridine rings is 2. The second-order valence-corrected chi connectivity index (χ2v) is 5.26. The van der Waals surface area contributed by atoms with E-state index in [1.165, 1.54) is 0 Å². The van der Waals surface area contributed by atoms with Gasteiger partial charge in [-0.1, -0.05) is 6.07 Å². The summed E-state index contributed by atoms with van der Waals surface area (Å²) in [5.74, 6) is 0.159. The fourth-order valence-corrected chi connectivity index (χ4v) is 2.66. The van der Waals surface area contributed by atoms with E-state index < -0.39 is 0 Å². The molecular formula is C18H19N3O3. The first-order valence-corrected chi connectivity index (χ1v) is 7.69. The van der Waals surface area contributed by atoms with E-state index in [1.807, 2.05) is 28.8 Å². The Hall–Kier alpha value is -2.86. The van der Waals surface area contributed by atoms with Crippen molar-refractivity contribution in [3.05, 3.63) is 54.0 Å². The van der Waals surface area contributed by atoms with E-state index in [2.05, 4.69) is 4.98 Å². The second-order valence-electron chi connectivity index (χ2n) is 5.26. The van der Waals surface area contributed by atoms with Crippen molar-refractivity contribution in [1.29, 1.82) is 0 Å². The maximum atomic E-state index is 12.4. The number of hydrogen-bond donors (Lipinski definition) is 1. The summed E-state index contributed by atoms with van der Waals surface area (Å²) in [4.78, 5) is 16.6. The van der Waals surface area contributed by atoms with Gasteiger partial charge in [0.05, 0.1) is 24.8 Å². The molecule has 0 fully saturated rings. The van der Waals surface area contributed by atoms with Crippen molar-refractivity contribution < 1.29 is 14.3 Å². The molecule has 3 rings (SSSR count). The smallest absolute Gasteiger partial charge is 0.340 e. The Morgan fingerprint density at radius 2 is 2.08 bits per heavy atom. The lowest BCUT2D eigenvalue weighted by atomic mass is 10.0. The lowest BCUT2D eigenvalue weighted by Crippen LogP contribution is -2.04. The van der Waals surface area contributed by atoms with Gasteiger partial charge in [-0.15, -0.1) is 0 Å². The van der Waals surface area contributed by atoms with Crippen LogP contribution in [0, 0.1) is 0 Å². The summed E-state index contributed by atoms with van der Waals surface area (Å²) in [6, 6.07) is 7.54. The number of methoxy groups -OCH3 is 1. The number of carbonyl (C=O) groups excluding carboxylic acids is 1. The molecule has 0 spiro atoms. The van der Waals surface area contributed by atoms with Crippen LogP contribution < -0.4 is 10.5 Å². The molecule has 6 nitrogen and oxygen atoms in total. The minimum atomic E-state index is -0.360. The molecule has 0 unspecified atom stereocenters. The molecule has 0 aliphatic carbocycles. The molecule has 0 atom stereocenters. The van der Waals surface area contributed by atoms with Crippen LogP contribution in [0.2, 0.25) is 0 Å². The van der Waals surface area contributed by atoms with E-state index in [0.29, 0.717) is 24.6 Å². The second kappa shape index (κ2) is 6.72. The van der Waals surface area contributed by atoms with Gasteiger partial charge < -0.3 is 19.6 Å². The predicted octanol–water partition coefficient (Wildman–Crippen LogP) is 2.65. The van der Waals surface area contributed by atoms with Gasteiger partial charge in [0.25, 0.3) is 0 Å². The Morgan fingerprint density at radius 1 is 1.25 bits per heavy atom. The van der Waals surface area contributed by atoms with Crippen molar-refractivity contribution in [1.82, 2.24) is 9.38 Å². The van der Waals surface area contributed by atoms with Crippen LogP contribution in [0.4, 0.5) is 0 Å². The molecule has 6 heteroatoms. The third-order valence-corrected chi connectivity index (χ3v) is 3.80. The Labute approximate surface area is 139 Å². The molecule has 124 valence electrons. The highest BCUT2D eigenvalue weighted by molar-refractivity contribution is 6.02. The van der Waals surface area contributed by atoms with E-state index >= 15 is 0 Å². The Bertz CT molecular complexity index is 869. The molecule has 3 aromatic rings. The first-order chi connectivity index (χ1) is 11.7. The van der Waals surface area contributed by atoms with E-state index in [1.54, 1.807) is 32.5 Å². The van der Waals surface area contributed by atoms with Crippen molar-refractivity contribution in [2.45, 2.75) is 13.5 Å². The molecule has 0 saturated carbocycles. The molecule has 0 bridgehead atoms. The quantitative estimate of drug-likeness (QED) is 0.730. The van der Waals surface area contributed by atoms with Crippen LogP contribution in [0.1, 0.15) is 22.8 Å². The minimum Gasteiger partial charge on any atom is -0.481 e. The van der Waals surface area contributed by atoms with Gasteiger partial charge in [0.1, 0.15) is 0 Å². The maximum Gasteiger partial charge on any atom is 0.340 e. The zero-order valence-corrected chi connectivity index (χ0v) is 13.7. The van der Waals surface area contributed by atoms with Crippen LogP contribution in [0.3, 0.4) is 0 Å². The zero-order valence-electron chi connectivity index (χ0n) is 13.7. The molecule has 2 N–H and O–H groups in total. The molecule has 0 amide bonds. The molecular weight excluding hydrogens is 306 g/mol. The minimum absolute atomic E-state index is 0.319. The third kappa shape index (κ3) is 2.83. The van der Waals surface area contributed by atoms with Gasteiger partial charge in [-0.25, -0.2) is 9.78 Å². The summed E-state index contributed by atoms with van der Waals surface area (Å²) in [5.41, 5.74) is 9.68. The van der Waals surface area contributed by atoms with E-state index in [4.69, 9.17) is 15.2 Å². The highest BCUT2D eigenvalue weighted by Gasteiger charge is 2.20. The van der Waals surface area contributed by atoms with Gasteiger partial charge >= 0.3 is 5.97 Å². The van der Waals surface area contributed by atoms with Gasteiger partial charge in [-0.3, -0.25) is 0 Å². The fourth-order valence-electron chi connectivity index (χ4n) is 2.66. The molecule has 3 heterocycles. The van der Waals surface area contributed by atoms with Crippen LogP contribution in [0.25, 0.3) is 16.6 Å². The number of fused-ring (bicyclic) bond motifs is 1. The predicted molar refractivity (Wildman–Crippen MR) is 91.0 cm³/mol. The van der Waals surface area contributed by atoms with E-state index in [9.17, 15) is 4.79 Å². The van der Waals surface area contributed by atoms with Gasteiger partial charge in [0.15, 0.2) is 0 Å². The first kappa shape index (κ1) is 16.0. The largest absolute Gasteiger partial charge is 0.481 e. The lowest BCUT2D eigenvalue weighted by Gasteiger charge is -2.06. The Balaban J connectivity index is 2.21. The molecule has 0 aromatic carbocycles. The summed E-state index contributed by atoms with van der Waals surface area (Å²) < 4.78 is 12.2. The van der Waals surface area contributed by atoms with Crippen molar-refractivity contribution in [2.75, 3.05) is 13.7 Å².